The highest BCUT2D eigenvalue weighted by Crippen LogP contribution is 2.18. The number of aryl methyl sites for hydroxylation is 2. The largest absolute Gasteiger partial charge is 0.316 e. The van der Waals surface area contributed by atoms with Gasteiger partial charge in [-0.15, -0.1) is 0 Å². The molecule has 0 bridgehead atoms. The molecule has 1 aromatic heterocycles. The molecule has 1 heterocycles. The molecule has 0 amide bonds. The van der Waals surface area contributed by atoms with E-state index in [0.29, 0.717) is 30.7 Å². The van der Waals surface area contributed by atoms with Gasteiger partial charge < -0.3 is 9.13 Å². The Kier molecular flexibility index (Phi) is 3.76. The lowest BCUT2D eigenvalue weighted by molar-refractivity contribution is 0.658. The van der Waals surface area contributed by atoms with Gasteiger partial charge in [0.25, 0.3) is 0 Å². The first-order valence-corrected chi connectivity index (χ1v) is 6.12. The molecule has 1 aromatic carbocycles. The van der Waals surface area contributed by atoms with Gasteiger partial charge in [-0.25, -0.2) is 0 Å². The molecule has 18 heavy (non-hydrogen) atoms. The summed E-state index contributed by atoms with van der Waals surface area (Å²) in [5, 5.41) is 17.4. The number of nitriles is 2. The third kappa shape index (κ3) is 2.13. The number of nitrogens with zero attached hydrogens (tertiary/aromatic N) is 4. The molecule has 90 valence electrons. The smallest absolute Gasteiger partial charge is 0.180 e. The van der Waals surface area contributed by atoms with Crippen LogP contribution in [0.4, 0.5) is 0 Å². The van der Waals surface area contributed by atoms with Gasteiger partial charge in [0.15, 0.2) is 4.77 Å². The van der Waals surface area contributed by atoms with Crippen LogP contribution in [0, 0.1) is 27.4 Å². The summed E-state index contributed by atoms with van der Waals surface area (Å²) >= 11 is 5.43. The first kappa shape index (κ1) is 12.3. The standard InChI is InChI=1S/C13H12N4S/c14-7-3-9-16-11-5-1-2-6-12(11)17(13(16)18)10-4-8-15/h1-2,5-6H,3-4,9-10H2. The molecular formula is C13H12N4S. The summed E-state index contributed by atoms with van der Waals surface area (Å²) in [6.07, 6.45) is 0.862. The maximum absolute atomic E-state index is 8.69. The molecular weight excluding hydrogens is 244 g/mol. The van der Waals surface area contributed by atoms with Crippen LogP contribution >= 0.6 is 12.2 Å². The number of hydrogen-bond donors (Lipinski definition) is 0. The van der Waals surface area contributed by atoms with E-state index < -0.39 is 0 Å². The second-order valence-corrected chi connectivity index (χ2v) is 4.26. The summed E-state index contributed by atoms with van der Waals surface area (Å²) in [6, 6.07) is 12.2. The minimum absolute atomic E-state index is 0.431. The maximum Gasteiger partial charge on any atom is 0.180 e. The van der Waals surface area contributed by atoms with Crippen molar-refractivity contribution in [2.24, 2.45) is 0 Å². The van der Waals surface area contributed by atoms with Gasteiger partial charge in [-0.1, -0.05) is 12.1 Å². The fraction of sp³-hybridized carbons (Fsp3) is 0.308. The van der Waals surface area contributed by atoms with Crippen molar-refractivity contribution in [2.45, 2.75) is 25.9 Å². The monoisotopic (exact) mass is 256 g/mol. The zero-order chi connectivity index (χ0) is 13.0. The minimum atomic E-state index is 0.431. The molecule has 2 rings (SSSR count). The molecule has 5 heteroatoms. The molecule has 0 aliphatic heterocycles. The van der Waals surface area contributed by atoms with E-state index >= 15 is 0 Å². The van der Waals surface area contributed by atoms with Gasteiger partial charge >= 0.3 is 0 Å². The van der Waals surface area contributed by atoms with Gasteiger partial charge in [-0.2, -0.15) is 10.5 Å². The van der Waals surface area contributed by atoms with Crippen molar-refractivity contribution in [2.75, 3.05) is 0 Å². The van der Waals surface area contributed by atoms with E-state index in [2.05, 4.69) is 12.1 Å². The van der Waals surface area contributed by atoms with E-state index in [0.717, 1.165) is 11.0 Å². The Hall–Kier alpha value is -2.11. The number of rotatable bonds is 4. The Bertz CT molecular complexity index is 638. The fourth-order valence-corrected chi connectivity index (χ4v) is 2.41. The lowest BCUT2D eigenvalue weighted by atomic mass is 10.3. The number of hydrogen-bond acceptors (Lipinski definition) is 3. The predicted octanol–water partition coefficient (Wildman–Crippen LogP) is 3.00. The molecule has 0 N–H and O–H groups in total. The van der Waals surface area contributed by atoms with Crippen LogP contribution in [0.15, 0.2) is 24.3 Å². The molecule has 0 atom stereocenters. The van der Waals surface area contributed by atoms with Crippen molar-refractivity contribution in [3.63, 3.8) is 0 Å². The van der Waals surface area contributed by atoms with Crippen LogP contribution < -0.4 is 0 Å². The Morgan fingerprint density at radius 3 is 1.78 bits per heavy atom. The molecule has 0 spiro atoms. The van der Waals surface area contributed by atoms with E-state index in [1.807, 2.05) is 33.4 Å². The lowest BCUT2D eigenvalue weighted by Crippen LogP contribution is -2.01. The quantitative estimate of drug-likeness (QED) is 0.790. The van der Waals surface area contributed by atoms with Gasteiger partial charge in [0.2, 0.25) is 0 Å². The summed E-state index contributed by atoms with van der Waals surface area (Å²) in [7, 11) is 0. The topological polar surface area (TPSA) is 57.4 Å². The van der Waals surface area contributed by atoms with Crippen molar-refractivity contribution < 1.29 is 0 Å². The van der Waals surface area contributed by atoms with Crippen LogP contribution in [0.1, 0.15) is 12.8 Å². The summed E-state index contributed by atoms with van der Waals surface area (Å²) in [6.45, 7) is 1.19. The van der Waals surface area contributed by atoms with Crippen molar-refractivity contribution >= 4 is 23.3 Å². The molecule has 0 aliphatic carbocycles. The summed E-state index contributed by atoms with van der Waals surface area (Å²) in [5.41, 5.74) is 2.05. The lowest BCUT2D eigenvalue weighted by Gasteiger charge is -2.00. The summed E-state index contributed by atoms with van der Waals surface area (Å²) < 4.78 is 4.61. The van der Waals surface area contributed by atoms with E-state index in [-0.39, 0.29) is 0 Å². The van der Waals surface area contributed by atoms with Gasteiger partial charge in [-0.3, -0.25) is 0 Å². The van der Waals surface area contributed by atoms with Gasteiger partial charge in [0.05, 0.1) is 36.0 Å². The third-order valence-electron chi connectivity index (χ3n) is 2.82. The average Bonchev–Trinajstić information content (AvgIpc) is 2.66. The Balaban J connectivity index is 2.57. The third-order valence-corrected chi connectivity index (χ3v) is 3.26. The van der Waals surface area contributed by atoms with Crippen molar-refractivity contribution in [3.05, 3.63) is 29.0 Å². The Morgan fingerprint density at radius 2 is 1.39 bits per heavy atom. The average molecular weight is 256 g/mol. The zero-order valence-electron chi connectivity index (χ0n) is 9.83. The minimum Gasteiger partial charge on any atom is -0.316 e. The zero-order valence-corrected chi connectivity index (χ0v) is 10.7. The van der Waals surface area contributed by atoms with Crippen LogP contribution in [0.25, 0.3) is 11.0 Å². The number of benzene rings is 1. The van der Waals surface area contributed by atoms with Crippen LogP contribution in [-0.2, 0) is 13.1 Å². The molecule has 0 saturated heterocycles. The van der Waals surface area contributed by atoms with Crippen LogP contribution in [0.3, 0.4) is 0 Å². The van der Waals surface area contributed by atoms with E-state index in [4.69, 9.17) is 22.7 Å². The van der Waals surface area contributed by atoms with Crippen LogP contribution in [-0.4, -0.2) is 9.13 Å². The van der Waals surface area contributed by atoms with Crippen LogP contribution in [0.5, 0.6) is 0 Å². The van der Waals surface area contributed by atoms with Crippen molar-refractivity contribution in [1.82, 2.24) is 9.13 Å². The molecule has 0 aliphatic rings. The van der Waals surface area contributed by atoms with Gasteiger partial charge in [-0.05, 0) is 24.4 Å². The number of para-hydroxylation sites is 2. The second kappa shape index (κ2) is 5.48. The predicted molar refractivity (Wildman–Crippen MR) is 71.2 cm³/mol. The summed E-state index contributed by atoms with van der Waals surface area (Å²) in [4.78, 5) is 0. The van der Waals surface area contributed by atoms with Gasteiger partial charge in [0, 0.05) is 13.1 Å². The normalized spacial score (nSPS) is 10.1. The van der Waals surface area contributed by atoms with Crippen LogP contribution in [0.2, 0.25) is 0 Å². The fourth-order valence-electron chi connectivity index (χ4n) is 2.03. The summed E-state index contributed by atoms with van der Waals surface area (Å²) in [5.74, 6) is 0. The number of aromatic nitrogens is 2. The molecule has 2 aromatic rings. The first-order valence-electron chi connectivity index (χ1n) is 5.71. The Morgan fingerprint density at radius 1 is 0.944 bits per heavy atom. The molecule has 0 unspecified atom stereocenters. The van der Waals surface area contributed by atoms with E-state index in [9.17, 15) is 0 Å². The molecule has 0 saturated carbocycles. The first-order chi connectivity index (χ1) is 8.79. The molecule has 0 radical (unpaired) electrons. The van der Waals surface area contributed by atoms with Crippen molar-refractivity contribution in [3.8, 4) is 12.1 Å². The molecule has 0 fully saturated rings. The van der Waals surface area contributed by atoms with E-state index in [1.54, 1.807) is 0 Å². The molecule has 4 nitrogen and oxygen atoms in total. The van der Waals surface area contributed by atoms with Gasteiger partial charge in [0.1, 0.15) is 0 Å². The highest BCUT2D eigenvalue weighted by atomic mass is 32.1. The SMILES string of the molecule is N#CCCn1c(=S)n(CCC#N)c2ccccc21. The number of imidazole rings is 1. The van der Waals surface area contributed by atoms with Crippen molar-refractivity contribution in [1.29, 1.82) is 10.5 Å². The van der Waals surface area contributed by atoms with E-state index in [1.165, 1.54) is 0 Å². The highest BCUT2D eigenvalue weighted by molar-refractivity contribution is 7.71. The highest BCUT2D eigenvalue weighted by Gasteiger charge is 2.09. The maximum atomic E-state index is 8.69. The number of fused-ring (bicyclic) bond motifs is 1. The second-order valence-electron chi connectivity index (χ2n) is 3.89. The Labute approximate surface area is 110 Å².